The molecule has 6 heteroatoms. The third-order valence-corrected chi connectivity index (χ3v) is 2.78. The summed E-state index contributed by atoms with van der Waals surface area (Å²) in [4.78, 5) is 26.2. The van der Waals surface area contributed by atoms with E-state index in [2.05, 4.69) is 4.98 Å². The molecule has 0 aliphatic rings. The lowest BCUT2D eigenvalue weighted by Gasteiger charge is -2.15. The van der Waals surface area contributed by atoms with E-state index in [0.717, 1.165) is 5.56 Å². The summed E-state index contributed by atoms with van der Waals surface area (Å²) in [6.07, 6.45) is 0.644. The van der Waals surface area contributed by atoms with Crippen molar-refractivity contribution in [3.05, 3.63) is 34.3 Å². The van der Waals surface area contributed by atoms with Crippen LogP contribution in [0.5, 0.6) is 0 Å². The number of carbonyl (C=O) groups is 1. The Hall–Kier alpha value is -2.08. The molecular formula is C12H14N2O4. The van der Waals surface area contributed by atoms with E-state index in [1.54, 1.807) is 13.1 Å². The van der Waals surface area contributed by atoms with E-state index in [9.17, 15) is 9.59 Å². The molecule has 0 atom stereocenters. The van der Waals surface area contributed by atoms with Crippen molar-refractivity contribution in [2.24, 2.45) is 0 Å². The Morgan fingerprint density at radius 2 is 2.28 bits per heavy atom. The average molecular weight is 250 g/mol. The molecule has 2 N–H and O–H groups in total. The number of hydrogen-bond acceptors (Lipinski definition) is 4. The Kier molecular flexibility index (Phi) is 3.47. The minimum Gasteiger partial charge on any atom is -0.408 e. The van der Waals surface area contributed by atoms with Gasteiger partial charge in [-0.1, -0.05) is 6.07 Å². The third kappa shape index (κ3) is 2.60. The number of aliphatic hydroxyl groups is 1. The monoisotopic (exact) mass is 250 g/mol. The van der Waals surface area contributed by atoms with Crippen molar-refractivity contribution in [1.29, 1.82) is 0 Å². The first kappa shape index (κ1) is 12.4. The van der Waals surface area contributed by atoms with Crippen molar-refractivity contribution in [2.75, 3.05) is 20.2 Å². The largest absolute Gasteiger partial charge is 0.417 e. The van der Waals surface area contributed by atoms with Gasteiger partial charge in [0.1, 0.15) is 6.61 Å². The second kappa shape index (κ2) is 5.05. The van der Waals surface area contributed by atoms with Crippen LogP contribution < -0.4 is 5.76 Å². The molecule has 1 aromatic heterocycles. The summed E-state index contributed by atoms with van der Waals surface area (Å²) in [5, 5.41) is 8.70. The summed E-state index contributed by atoms with van der Waals surface area (Å²) >= 11 is 0. The highest BCUT2D eigenvalue weighted by atomic mass is 16.4. The molecule has 1 aromatic carbocycles. The predicted molar refractivity (Wildman–Crippen MR) is 65.3 cm³/mol. The van der Waals surface area contributed by atoms with E-state index in [0.29, 0.717) is 24.1 Å². The molecule has 0 saturated heterocycles. The van der Waals surface area contributed by atoms with Gasteiger partial charge in [0.2, 0.25) is 5.91 Å². The zero-order valence-corrected chi connectivity index (χ0v) is 9.97. The van der Waals surface area contributed by atoms with E-state index in [1.807, 2.05) is 12.1 Å². The Morgan fingerprint density at radius 3 is 3.00 bits per heavy atom. The minimum absolute atomic E-state index is 0.312. The first-order valence-corrected chi connectivity index (χ1v) is 5.56. The Balaban J connectivity index is 2.08. The maximum atomic E-state index is 11.2. The number of hydrogen-bond donors (Lipinski definition) is 2. The van der Waals surface area contributed by atoms with Crippen molar-refractivity contribution in [3.8, 4) is 0 Å². The standard InChI is InChI=1S/C12H14N2O4/c1-14(11(16)7-15)5-4-8-2-3-10-9(6-8)13-12(17)18-10/h2-3,6,15H,4-5,7H2,1H3,(H,13,17). The van der Waals surface area contributed by atoms with Crippen LogP contribution in [0, 0.1) is 0 Å². The first-order valence-electron chi connectivity index (χ1n) is 5.56. The lowest BCUT2D eigenvalue weighted by atomic mass is 10.1. The quantitative estimate of drug-likeness (QED) is 0.806. The summed E-state index contributed by atoms with van der Waals surface area (Å²) in [6.45, 7) is 0.0254. The number of likely N-dealkylation sites (N-methyl/N-ethyl adjacent to an activating group) is 1. The normalized spacial score (nSPS) is 10.8. The van der Waals surface area contributed by atoms with Gasteiger partial charge in [0.15, 0.2) is 5.58 Å². The molecule has 0 bridgehead atoms. The Morgan fingerprint density at radius 1 is 1.50 bits per heavy atom. The number of benzene rings is 1. The maximum absolute atomic E-state index is 11.2. The molecule has 0 saturated carbocycles. The van der Waals surface area contributed by atoms with E-state index in [1.165, 1.54) is 4.90 Å². The molecule has 0 aliphatic carbocycles. The Bertz CT molecular complexity index is 614. The van der Waals surface area contributed by atoms with Gasteiger partial charge < -0.3 is 14.4 Å². The minimum atomic E-state index is -0.482. The molecule has 18 heavy (non-hydrogen) atoms. The molecular weight excluding hydrogens is 236 g/mol. The SMILES string of the molecule is CN(CCc1ccc2oc(=O)[nH]c2c1)C(=O)CO. The van der Waals surface area contributed by atoms with Crippen LogP contribution >= 0.6 is 0 Å². The van der Waals surface area contributed by atoms with Gasteiger partial charge in [0.25, 0.3) is 0 Å². The van der Waals surface area contributed by atoms with Gasteiger partial charge in [-0.2, -0.15) is 0 Å². The fourth-order valence-electron chi connectivity index (χ4n) is 1.70. The summed E-state index contributed by atoms with van der Waals surface area (Å²) < 4.78 is 4.90. The summed E-state index contributed by atoms with van der Waals surface area (Å²) in [6, 6.07) is 5.38. The van der Waals surface area contributed by atoms with Crippen molar-refractivity contribution < 1.29 is 14.3 Å². The number of rotatable bonds is 4. The van der Waals surface area contributed by atoms with Crippen LogP contribution in [0.2, 0.25) is 0 Å². The van der Waals surface area contributed by atoms with Gasteiger partial charge in [-0.25, -0.2) is 4.79 Å². The number of fused-ring (bicyclic) bond motifs is 1. The molecule has 2 rings (SSSR count). The van der Waals surface area contributed by atoms with Gasteiger partial charge in [0, 0.05) is 13.6 Å². The van der Waals surface area contributed by atoms with Crippen LogP contribution in [0.15, 0.2) is 27.4 Å². The Labute approximate surface area is 103 Å². The smallest absolute Gasteiger partial charge is 0.408 e. The molecule has 6 nitrogen and oxygen atoms in total. The number of aliphatic hydroxyl groups excluding tert-OH is 1. The van der Waals surface area contributed by atoms with Crippen molar-refractivity contribution in [1.82, 2.24) is 9.88 Å². The molecule has 0 fully saturated rings. The van der Waals surface area contributed by atoms with Crippen LogP contribution in [0.25, 0.3) is 11.1 Å². The fourth-order valence-corrected chi connectivity index (χ4v) is 1.70. The molecule has 0 unspecified atom stereocenters. The van der Waals surface area contributed by atoms with Crippen LogP contribution in [-0.4, -0.2) is 41.1 Å². The van der Waals surface area contributed by atoms with Crippen LogP contribution in [0.4, 0.5) is 0 Å². The van der Waals surface area contributed by atoms with Crippen LogP contribution in [0.3, 0.4) is 0 Å². The van der Waals surface area contributed by atoms with Crippen molar-refractivity contribution in [3.63, 3.8) is 0 Å². The van der Waals surface area contributed by atoms with Crippen molar-refractivity contribution >= 4 is 17.0 Å². The maximum Gasteiger partial charge on any atom is 0.417 e. The number of nitrogens with one attached hydrogen (secondary N) is 1. The number of nitrogens with zero attached hydrogens (tertiary/aromatic N) is 1. The topological polar surface area (TPSA) is 86.5 Å². The highest BCUT2D eigenvalue weighted by Gasteiger charge is 2.07. The summed E-state index contributed by atoms with van der Waals surface area (Å²) in [5.74, 6) is -0.789. The summed E-state index contributed by atoms with van der Waals surface area (Å²) in [7, 11) is 1.64. The van der Waals surface area contributed by atoms with Crippen molar-refractivity contribution in [2.45, 2.75) is 6.42 Å². The van der Waals surface area contributed by atoms with Gasteiger partial charge in [-0.15, -0.1) is 0 Å². The molecule has 0 spiro atoms. The summed E-state index contributed by atoms with van der Waals surface area (Å²) in [5.41, 5.74) is 2.15. The third-order valence-electron chi connectivity index (χ3n) is 2.78. The molecule has 1 amide bonds. The lowest BCUT2D eigenvalue weighted by molar-refractivity contribution is -0.132. The first-order chi connectivity index (χ1) is 8.60. The van der Waals surface area contributed by atoms with Crippen LogP contribution in [0.1, 0.15) is 5.56 Å². The van der Waals surface area contributed by atoms with E-state index in [-0.39, 0.29) is 5.91 Å². The van der Waals surface area contributed by atoms with E-state index >= 15 is 0 Å². The molecule has 0 radical (unpaired) electrons. The van der Waals surface area contributed by atoms with Gasteiger partial charge in [-0.05, 0) is 24.1 Å². The second-order valence-electron chi connectivity index (χ2n) is 4.07. The highest BCUT2D eigenvalue weighted by molar-refractivity contribution is 5.77. The zero-order chi connectivity index (χ0) is 13.1. The molecule has 1 heterocycles. The van der Waals surface area contributed by atoms with Gasteiger partial charge in [-0.3, -0.25) is 9.78 Å². The number of aromatic amines is 1. The average Bonchev–Trinajstić information content (AvgIpc) is 2.74. The fraction of sp³-hybridized carbons (Fsp3) is 0.333. The lowest BCUT2D eigenvalue weighted by Crippen LogP contribution is -2.31. The number of H-pyrrole nitrogens is 1. The van der Waals surface area contributed by atoms with Gasteiger partial charge >= 0.3 is 5.76 Å². The van der Waals surface area contributed by atoms with Gasteiger partial charge in [0.05, 0.1) is 5.52 Å². The zero-order valence-electron chi connectivity index (χ0n) is 9.97. The predicted octanol–water partition coefficient (Wildman–Crippen LogP) is 0.114. The molecule has 0 aliphatic heterocycles. The second-order valence-corrected chi connectivity index (χ2v) is 4.07. The van der Waals surface area contributed by atoms with E-state index in [4.69, 9.17) is 9.52 Å². The van der Waals surface area contributed by atoms with Crippen LogP contribution in [-0.2, 0) is 11.2 Å². The number of aromatic nitrogens is 1. The number of carbonyl (C=O) groups excluding carboxylic acids is 1. The molecule has 2 aromatic rings. The van der Waals surface area contributed by atoms with E-state index < -0.39 is 12.4 Å². The number of amides is 1. The highest BCUT2D eigenvalue weighted by Crippen LogP contribution is 2.12. The number of oxazole rings is 1. The molecule has 96 valence electrons.